The van der Waals surface area contributed by atoms with Crippen molar-refractivity contribution in [2.75, 3.05) is 20.3 Å². The minimum atomic E-state index is -0.361. The van der Waals surface area contributed by atoms with Crippen LogP contribution >= 0.6 is 0 Å². The van der Waals surface area contributed by atoms with Crippen LogP contribution in [0.5, 0.6) is 0 Å². The third kappa shape index (κ3) is 3.06. The Balaban J connectivity index is 2.51. The summed E-state index contributed by atoms with van der Waals surface area (Å²) in [6, 6.07) is 0. The standard InChI is InChI=1S/C13H21N5O3/c1-17-12(19)10-11(16-9(15-10)5-3-6-14)18(13(17)20)7-4-8-21-2/h3-8,14H2,1-2H3,(H,15,16). The molecule has 8 heteroatoms. The zero-order chi connectivity index (χ0) is 15.4. The summed E-state index contributed by atoms with van der Waals surface area (Å²) in [4.78, 5) is 31.8. The number of aromatic amines is 1. The molecule has 0 atom stereocenters. The van der Waals surface area contributed by atoms with Crippen molar-refractivity contribution in [1.82, 2.24) is 19.1 Å². The second kappa shape index (κ2) is 6.68. The van der Waals surface area contributed by atoms with Crippen molar-refractivity contribution in [3.05, 3.63) is 26.7 Å². The molecule has 0 aliphatic carbocycles. The normalized spacial score (nSPS) is 11.4. The smallest absolute Gasteiger partial charge is 0.332 e. The Labute approximate surface area is 121 Å². The monoisotopic (exact) mass is 295 g/mol. The average molecular weight is 295 g/mol. The summed E-state index contributed by atoms with van der Waals surface area (Å²) in [6.07, 6.45) is 2.10. The van der Waals surface area contributed by atoms with Gasteiger partial charge in [-0.15, -0.1) is 0 Å². The lowest BCUT2D eigenvalue weighted by atomic mass is 10.3. The van der Waals surface area contributed by atoms with Gasteiger partial charge in [0, 0.05) is 33.7 Å². The van der Waals surface area contributed by atoms with Crippen LogP contribution in [0, 0.1) is 0 Å². The Hall–Kier alpha value is -1.93. The third-order valence-corrected chi connectivity index (χ3v) is 3.37. The number of fused-ring (bicyclic) bond motifs is 1. The van der Waals surface area contributed by atoms with Gasteiger partial charge in [0.05, 0.1) is 0 Å². The van der Waals surface area contributed by atoms with Gasteiger partial charge in [0.25, 0.3) is 5.56 Å². The molecule has 2 rings (SSSR count). The van der Waals surface area contributed by atoms with E-state index in [4.69, 9.17) is 10.5 Å². The fourth-order valence-electron chi connectivity index (χ4n) is 2.24. The highest BCUT2D eigenvalue weighted by molar-refractivity contribution is 5.69. The van der Waals surface area contributed by atoms with Crippen LogP contribution in [-0.4, -0.2) is 39.4 Å². The molecule has 0 aliphatic rings. The Morgan fingerprint density at radius 3 is 2.76 bits per heavy atom. The molecule has 2 heterocycles. The number of nitrogens with one attached hydrogen (secondary N) is 1. The molecule has 2 aromatic rings. The molecule has 0 amide bonds. The van der Waals surface area contributed by atoms with Crippen LogP contribution in [0.2, 0.25) is 0 Å². The molecule has 116 valence electrons. The molecule has 0 radical (unpaired) electrons. The molecule has 21 heavy (non-hydrogen) atoms. The van der Waals surface area contributed by atoms with Gasteiger partial charge in [-0.1, -0.05) is 0 Å². The zero-order valence-electron chi connectivity index (χ0n) is 12.4. The third-order valence-electron chi connectivity index (χ3n) is 3.37. The summed E-state index contributed by atoms with van der Waals surface area (Å²) in [5.74, 6) is 0.679. The highest BCUT2D eigenvalue weighted by Crippen LogP contribution is 2.07. The molecular formula is C13H21N5O3. The molecule has 0 aromatic carbocycles. The number of imidazole rings is 1. The summed E-state index contributed by atoms with van der Waals surface area (Å²) < 4.78 is 7.61. The highest BCUT2D eigenvalue weighted by Gasteiger charge is 2.15. The van der Waals surface area contributed by atoms with Crippen molar-refractivity contribution in [3.8, 4) is 0 Å². The Kier molecular flexibility index (Phi) is 4.92. The van der Waals surface area contributed by atoms with E-state index in [-0.39, 0.29) is 11.2 Å². The molecule has 0 aliphatic heterocycles. The number of H-pyrrole nitrogens is 1. The SMILES string of the molecule is COCCCn1c(=O)n(C)c(=O)c2[nH]c(CCCN)nc21. The maximum atomic E-state index is 12.2. The molecule has 3 N–H and O–H groups in total. The predicted molar refractivity (Wildman–Crippen MR) is 79.5 cm³/mol. The maximum Gasteiger partial charge on any atom is 0.332 e. The van der Waals surface area contributed by atoms with Crippen molar-refractivity contribution in [2.45, 2.75) is 25.8 Å². The van der Waals surface area contributed by atoms with Crippen LogP contribution < -0.4 is 17.0 Å². The number of rotatable bonds is 7. The number of hydrogen-bond donors (Lipinski definition) is 2. The number of ether oxygens (including phenoxy) is 1. The molecule has 0 bridgehead atoms. The van der Waals surface area contributed by atoms with E-state index in [9.17, 15) is 9.59 Å². The lowest BCUT2D eigenvalue weighted by Crippen LogP contribution is -2.38. The van der Waals surface area contributed by atoms with Crippen molar-refractivity contribution < 1.29 is 4.74 Å². The Morgan fingerprint density at radius 2 is 2.10 bits per heavy atom. The molecule has 0 fully saturated rings. The first-order valence-electron chi connectivity index (χ1n) is 6.97. The van der Waals surface area contributed by atoms with Crippen LogP contribution in [0.4, 0.5) is 0 Å². The number of aromatic nitrogens is 4. The van der Waals surface area contributed by atoms with Crippen LogP contribution in [0.1, 0.15) is 18.7 Å². The van der Waals surface area contributed by atoms with Crippen molar-refractivity contribution in [3.63, 3.8) is 0 Å². The summed E-state index contributed by atoms with van der Waals surface area (Å²) >= 11 is 0. The Bertz CT molecular complexity index is 728. The van der Waals surface area contributed by atoms with Gasteiger partial charge in [-0.3, -0.25) is 13.9 Å². The lowest BCUT2D eigenvalue weighted by Gasteiger charge is -2.07. The van der Waals surface area contributed by atoms with Crippen molar-refractivity contribution >= 4 is 11.2 Å². The zero-order valence-corrected chi connectivity index (χ0v) is 12.4. The van der Waals surface area contributed by atoms with Gasteiger partial charge in [-0.25, -0.2) is 9.78 Å². The molecule has 0 saturated carbocycles. The second-order valence-electron chi connectivity index (χ2n) is 4.92. The van der Waals surface area contributed by atoms with Crippen LogP contribution in [-0.2, 0) is 24.8 Å². The van der Waals surface area contributed by atoms with E-state index >= 15 is 0 Å². The van der Waals surface area contributed by atoms with E-state index < -0.39 is 0 Å². The lowest BCUT2D eigenvalue weighted by molar-refractivity contribution is 0.190. The first-order chi connectivity index (χ1) is 10.1. The minimum absolute atomic E-state index is 0.357. The maximum absolute atomic E-state index is 12.2. The van der Waals surface area contributed by atoms with Crippen molar-refractivity contribution in [1.29, 1.82) is 0 Å². The topological polar surface area (TPSA) is 108 Å². The second-order valence-corrected chi connectivity index (χ2v) is 4.92. The van der Waals surface area contributed by atoms with Crippen molar-refractivity contribution in [2.24, 2.45) is 12.8 Å². The van der Waals surface area contributed by atoms with E-state index in [1.807, 2.05) is 0 Å². The van der Waals surface area contributed by atoms with E-state index in [0.717, 1.165) is 11.0 Å². The number of nitrogens with two attached hydrogens (primary N) is 1. The summed E-state index contributed by atoms with van der Waals surface area (Å²) in [7, 11) is 3.08. The largest absolute Gasteiger partial charge is 0.385 e. The Morgan fingerprint density at radius 1 is 1.33 bits per heavy atom. The predicted octanol–water partition coefficient (Wildman–Crippen LogP) is -0.649. The summed E-state index contributed by atoms with van der Waals surface area (Å²) in [5.41, 5.74) is 5.54. The quantitative estimate of drug-likeness (QED) is 0.660. The molecular weight excluding hydrogens is 274 g/mol. The van der Waals surface area contributed by atoms with Crippen LogP contribution in [0.3, 0.4) is 0 Å². The fourth-order valence-corrected chi connectivity index (χ4v) is 2.24. The van der Waals surface area contributed by atoms with E-state index in [1.165, 1.54) is 11.6 Å². The van der Waals surface area contributed by atoms with Gasteiger partial charge >= 0.3 is 5.69 Å². The highest BCUT2D eigenvalue weighted by atomic mass is 16.5. The minimum Gasteiger partial charge on any atom is -0.385 e. The van der Waals surface area contributed by atoms with E-state index in [2.05, 4.69) is 9.97 Å². The van der Waals surface area contributed by atoms with Gasteiger partial charge in [0.15, 0.2) is 5.65 Å². The van der Waals surface area contributed by atoms with Crippen LogP contribution in [0.15, 0.2) is 9.59 Å². The van der Waals surface area contributed by atoms with Gasteiger partial charge in [-0.2, -0.15) is 0 Å². The van der Waals surface area contributed by atoms with Gasteiger partial charge in [0.2, 0.25) is 0 Å². The molecule has 8 nitrogen and oxygen atoms in total. The van der Waals surface area contributed by atoms with Gasteiger partial charge < -0.3 is 15.5 Å². The number of nitrogens with zero attached hydrogens (tertiary/aromatic N) is 3. The number of methoxy groups -OCH3 is 1. The van der Waals surface area contributed by atoms with E-state index in [1.54, 1.807) is 7.11 Å². The average Bonchev–Trinajstić information content (AvgIpc) is 2.90. The number of hydrogen-bond acceptors (Lipinski definition) is 5. The van der Waals surface area contributed by atoms with Gasteiger partial charge in [0.1, 0.15) is 11.3 Å². The summed E-state index contributed by atoms with van der Waals surface area (Å²) in [6.45, 7) is 1.55. The number of aryl methyl sites for hydroxylation is 2. The molecule has 0 unspecified atom stereocenters. The van der Waals surface area contributed by atoms with Crippen LogP contribution in [0.25, 0.3) is 11.2 Å². The van der Waals surface area contributed by atoms with Gasteiger partial charge in [-0.05, 0) is 19.4 Å². The summed E-state index contributed by atoms with van der Waals surface area (Å²) in [5, 5.41) is 0. The first-order valence-corrected chi connectivity index (χ1v) is 6.97. The first kappa shape index (κ1) is 15.5. The fraction of sp³-hybridized carbons (Fsp3) is 0.615. The molecule has 0 spiro atoms. The molecule has 0 saturated heterocycles. The molecule has 2 aromatic heterocycles. The van der Waals surface area contributed by atoms with E-state index in [0.29, 0.717) is 49.5 Å².